The Hall–Kier alpha value is -0.910. The average Bonchev–Trinajstić information content (AvgIpc) is 2.32. The Morgan fingerprint density at radius 1 is 1.58 bits per heavy atom. The van der Waals surface area contributed by atoms with E-state index in [0.717, 1.165) is 6.26 Å². The van der Waals surface area contributed by atoms with Gasteiger partial charge in [-0.2, -0.15) is 0 Å². The Morgan fingerprint density at radius 2 is 2.17 bits per heavy atom. The van der Waals surface area contributed by atoms with Crippen LogP contribution in [0.2, 0.25) is 0 Å². The van der Waals surface area contributed by atoms with Crippen molar-refractivity contribution in [3.63, 3.8) is 0 Å². The molecule has 0 fully saturated rings. The van der Waals surface area contributed by atoms with Gasteiger partial charge in [-0.1, -0.05) is 0 Å². The lowest BCUT2D eigenvalue weighted by Gasteiger charge is -2.07. The monoisotopic (exact) mass is 190 g/mol. The molecule has 0 aromatic heterocycles. The van der Waals surface area contributed by atoms with Crippen LogP contribution in [-0.2, 0) is 14.6 Å². The molecule has 1 atom stereocenters. The van der Waals surface area contributed by atoms with Gasteiger partial charge in [-0.3, -0.25) is 9.79 Å². The number of amides is 1. The first kappa shape index (κ1) is 9.18. The van der Waals surface area contributed by atoms with Gasteiger partial charge in [-0.15, -0.1) is 0 Å². The van der Waals surface area contributed by atoms with E-state index in [1.165, 1.54) is 6.92 Å². The van der Waals surface area contributed by atoms with Gasteiger partial charge in [0.15, 0.2) is 9.84 Å². The first-order valence-corrected chi connectivity index (χ1v) is 5.40. The molecule has 6 heteroatoms. The lowest BCUT2D eigenvalue weighted by atomic mass is 10.4. The van der Waals surface area contributed by atoms with Gasteiger partial charge in [0, 0.05) is 6.26 Å². The molecule has 0 spiro atoms. The molecule has 0 aromatic carbocycles. The molecule has 0 aromatic rings. The zero-order valence-corrected chi connectivity index (χ0v) is 7.68. The Balaban J connectivity index is 2.80. The van der Waals surface area contributed by atoms with Gasteiger partial charge in [0.25, 0.3) is 0 Å². The molecule has 68 valence electrons. The van der Waals surface area contributed by atoms with E-state index in [1.807, 2.05) is 0 Å². The number of sulfone groups is 1. The van der Waals surface area contributed by atoms with Gasteiger partial charge in [-0.05, 0) is 6.92 Å². The largest absolute Gasteiger partial charge is 0.312 e. The zero-order valence-electron chi connectivity index (χ0n) is 6.86. The minimum Gasteiger partial charge on any atom is -0.312 e. The summed E-state index contributed by atoms with van der Waals surface area (Å²) < 4.78 is 22.0. The van der Waals surface area contributed by atoms with Crippen molar-refractivity contribution in [2.24, 2.45) is 4.99 Å². The second-order valence-corrected chi connectivity index (χ2v) is 5.09. The zero-order chi connectivity index (χ0) is 9.35. The quantitative estimate of drug-likeness (QED) is 0.603. The van der Waals surface area contributed by atoms with Crippen molar-refractivity contribution in [2.75, 3.05) is 12.8 Å². The van der Waals surface area contributed by atoms with Gasteiger partial charge in [0.1, 0.15) is 17.6 Å². The summed E-state index contributed by atoms with van der Waals surface area (Å²) in [5, 5.41) is 1.67. The fraction of sp³-hybridized carbons (Fsp3) is 0.667. The van der Waals surface area contributed by atoms with E-state index in [0.29, 0.717) is 0 Å². The number of hydrogen-bond acceptors (Lipinski definition) is 4. The van der Waals surface area contributed by atoms with Crippen LogP contribution < -0.4 is 5.32 Å². The van der Waals surface area contributed by atoms with Crippen LogP contribution in [-0.4, -0.2) is 38.2 Å². The molecule has 0 saturated heterocycles. The van der Waals surface area contributed by atoms with Crippen LogP contribution in [0.4, 0.5) is 0 Å². The van der Waals surface area contributed by atoms with E-state index in [9.17, 15) is 13.2 Å². The van der Waals surface area contributed by atoms with Crippen molar-refractivity contribution in [1.29, 1.82) is 0 Å². The van der Waals surface area contributed by atoms with E-state index in [2.05, 4.69) is 10.3 Å². The summed E-state index contributed by atoms with van der Waals surface area (Å²) in [4.78, 5) is 14.4. The molecular formula is C6H10N2O3S. The highest BCUT2D eigenvalue weighted by Crippen LogP contribution is 2.02. The molecule has 12 heavy (non-hydrogen) atoms. The molecule has 1 N–H and O–H groups in total. The SMILES string of the molecule is CC(C1=NCC(=O)N1)S(C)(=O)=O. The summed E-state index contributed by atoms with van der Waals surface area (Å²) in [5.41, 5.74) is 0. The van der Waals surface area contributed by atoms with E-state index in [1.54, 1.807) is 0 Å². The third-order valence-electron chi connectivity index (χ3n) is 1.69. The Bertz CT molecular complexity index is 331. The van der Waals surface area contributed by atoms with Gasteiger partial charge >= 0.3 is 0 Å². The second kappa shape index (κ2) is 2.85. The number of nitrogens with zero attached hydrogens (tertiary/aromatic N) is 1. The van der Waals surface area contributed by atoms with Crippen molar-refractivity contribution < 1.29 is 13.2 Å². The summed E-state index contributed by atoms with van der Waals surface area (Å²) in [5.74, 6) is 0.00278. The molecule has 1 aliphatic heterocycles. The lowest BCUT2D eigenvalue weighted by molar-refractivity contribution is -0.117. The smallest absolute Gasteiger partial charge is 0.247 e. The highest BCUT2D eigenvalue weighted by Gasteiger charge is 2.26. The predicted molar refractivity (Wildman–Crippen MR) is 44.8 cm³/mol. The van der Waals surface area contributed by atoms with Crippen molar-refractivity contribution >= 4 is 21.6 Å². The van der Waals surface area contributed by atoms with Crippen LogP contribution in [0.25, 0.3) is 0 Å². The first-order valence-electron chi connectivity index (χ1n) is 3.44. The molecule has 0 aliphatic carbocycles. The van der Waals surface area contributed by atoms with Crippen molar-refractivity contribution in [2.45, 2.75) is 12.2 Å². The summed E-state index contributed by atoms with van der Waals surface area (Å²) in [7, 11) is -3.16. The fourth-order valence-electron chi connectivity index (χ4n) is 0.812. The topological polar surface area (TPSA) is 75.6 Å². The van der Waals surface area contributed by atoms with Crippen LogP contribution in [0.15, 0.2) is 4.99 Å². The molecule has 0 saturated carbocycles. The molecule has 1 amide bonds. The third-order valence-corrected chi connectivity index (χ3v) is 3.20. The average molecular weight is 190 g/mol. The van der Waals surface area contributed by atoms with Crippen LogP contribution in [0.1, 0.15) is 6.92 Å². The Morgan fingerprint density at radius 3 is 2.50 bits per heavy atom. The van der Waals surface area contributed by atoms with E-state index >= 15 is 0 Å². The predicted octanol–water partition coefficient (Wildman–Crippen LogP) is -1.05. The molecule has 1 unspecified atom stereocenters. The highest BCUT2D eigenvalue weighted by molar-refractivity contribution is 7.92. The molecule has 0 radical (unpaired) electrons. The third kappa shape index (κ3) is 1.82. The number of carbonyl (C=O) groups excluding carboxylic acids is 1. The molecule has 5 nitrogen and oxygen atoms in total. The number of hydrogen-bond donors (Lipinski definition) is 1. The number of carbonyl (C=O) groups is 1. The van der Waals surface area contributed by atoms with Crippen LogP contribution in [0.5, 0.6) is 0 Å². The van der Waals surface area contributed by atoms with Gasteiger partial charge in [0.2, 0.25) is 5.91 Å². The summed E-state index contributed by atoms with van der Waals surface area (Å²) in [6, 6.07) is 0. The maximum absolute atomic E-state index is 11.0. The number of aliphatic imine (C=N–C) groups is 1. The first-order chi connectivity index (χ1) is 5.41. The van der Waals surface area contributed by atoms with Gasteiger partial charge in [0.05, 0.1) is 0 Å². The van der Waals surface area contributed by atoms with Crippen molar-refractivity contribution in [3.8, 4) is 0 Å². The fourth-order valence-corrected chi connectivity index (χ4v) is 1.35. The van der Waals surface area contributed by atoms with Crippen molar-refractivity contribution in [1.82, 2.24) is 5.32 Å². The summed E-state index contributed by atoms with van der Waals surface area (Å²) >= 11 is 0. The molecular weight excluding hydrogens is 180 g/mol. The number of nitrogens with one attached hydrogen (secondary N) is 1. The number of amidine groups is 1. The minimum atomic E-state index is -3.16. The van der Waals surface area contributed by atoms with Gasteiger partial charge < -0.3 is 5.32 Å². The minimum absolute atomic E-state index is 0.0369. The molecule has 1 heterocycles. The van der Waals surface area contributed by atoms with E-state index < -0.39 is 15.1 Å². The molecule has 1 rings (SSSR count). The Kier molecular flexibility index (Phi) is 2.18. The normalized spacial score (nSPS) is 20.2. The maximum Gasteiger partial charge on any atom is 0.247 e. The van der Waals surface area contributed by atoms with Crippen LogP contribution in [0.3, 0.4) is 0 Å². The molecule has 0 bridgehead atoms. The van der Waals surface area contributed by atoms with Crippen molar-refractivity contribution in [3.05, 3.63) is 0 Å². The van der Waals surface area contributed by atoms with Gasteiger partial charge in [-0.25, -0.2) is 8.42 Å². The van der Waals surface area contributed by atoms with Crippen LogP contribution >= 0.6 is 0 Å². The molecule has 1 aliphatic rings. The van der Waals surface area contributed by atoms with E-state index in [-0.39, 0.29) is 18.3 Å². The summed E-state index contributed by atoms with van der Waals surface area (Å²) in [6.07, 6.45) is 1.12. The van der Waals surface area contributed by atoms with Crippen LogP contribution in [0, 0.1) is 0 Å². The number of rotatable bonds is 2. The standard InChI is InChI=1S/C6H10N2O3S/c1-4(12(2,10)11)6-7-3-5(9)8-6/h4H,3H2,1-2H3,(H,7,8,9). The highest BCUT2D eigenvalue weighted by atomic mass is 32.2. The maximum atomic E-state index is 11.0. The Labute approximate surface area is 70.8 Å². The summed E-state index contributed by atoms with van der Waals surface area (Å²) in [6.45, 7) is 1.54. The van der Waals surface area contributed by atoms with E-state index in [4.69, 9.17) is 0 Å². The second-order valence-electron chi connectivity index (χ2n) is 2.72. The lowest BCUT2D eigenvalue weighted by Crippen LogP contribution is -2.36.